The molecule has 0 N–H and O–H groups in total. The van der Waals surface area contributed by atoms with Crippen molar-refractivity contribution in [3.8, 4) is 0 Å². The van der Waals surface area contributed by atoms with Gasteiger partial charge < -0.3 is 9.80 Å². The highest BCUT2D eigenvalue weighted by atomic mass is 32.1. The van der Waals surface area contributed by atoms with Crippen molar-refractivity contribution in [2.24, 2.45) is 5.92 Å². The molecule has 3 rings (SSSR count). The van der Waals surface area contributed by atoms with Crippen LogP contribution in [0.1, 0.15) is 61.3 Å². The van der Waals surface area contributed by atoms with Gasteiger partial charge in [-0.2, -0.15) is 0 Å². The molecule has 0 aliphatic heterocycles. The van der Waals surface area contributed by atoms with E-state index in [4.69, 9.17) is 0 Å². The standard InChI is InChI=1S/C25H34N2O2S/c1-19(2)27(25(29)22-12-8-5-9-13-22)18-24(28)26(16-21-10-6-4-7-11-21)17-23-15-14-20(3)30-23/h4,6-7,10-11,14-15,19,22H,5,8-9,12-13,16-18H2,1-3H3. The zero-order valence-electron chi connectivity index (χ0n) is 18.5. The molecule has 0 unspecified atom stereocenters. The summed E-state index contributed by atoms with van der Waals surface area (Å²) in [5.41, 5.74) is 1.11. The summed E-state index contributed by atoms with van der Waals surface area (Å²) in [6.45, 7) is 7.40. The van der Waals surface area contributed by atoms with Crippen LogP contribution < -0.4 is 0 Å². The lowest BCUT2D eigenvalue weighted by Crippen LogP contribution is -2.47. The van der Waals surface area contributed by atoms with Gasteiger partial charge in [-0.15, -0.1) is 11.3 Å². The molecule has 1 aromatic carbocycles. The largest absolute Gasteiger partial charge is 0.332 e. The fraction of sp³-hybridized carbons (Fsp3) is 0.520. The van der Waals surface area contributed by atoms with Crippen LogP contribution in [0.15, 0.2) is 42.5 Å². The van der Waals surface area contributed by atoms with E-state index in [-0.39, 0.29) is 30.3 Å². The number of benzene rings is 1. The molecule has 30 heavy (non-hydrogen) atoms. The van der Waals surface area contributed by atoms with Gasteiger partial charge in [-0.3, -0.25) is 9.59 Å². The van der Waals surface area contributed by atoms with E-state index < -0.39 is 0 Å². The fourth-order valence-electron chi connectivity index (χ4n) is 4.14. The molecule has 1 aliphatic carbocycles. The second-order valence-corrected chi connectivity index (χ2v) is 10.0. The number of carbonyl (C=O) groups excluding carboxylic acids is 2. The van der Waals surface area contributed by atoms with Gasteiger partial charge in [-0.1, -0.05) is 49.6 Å². The summed E-state index contributed by atoms with van der Waals surface area (Å²) in [6.07, 6.45) is 5.37. The number of thiophene rings is 1. The molecule has 2 aromatic rings. The Labute approximate surface area is 184 Å². The van der Waals surface area contributed by atoms with Crippen LogP contribution in [0.25, 0.3) is 0 Å². The molecule has 1 aliphatic rings. The predicted octanol–water partition coefficient (Wildman–Crippen LogP) is 5.40. The molecule has 1 fully saturated rings. The van der Waals surface area contributed by atoms with Crippen LogP contribution in [-0.2, 0) is 22.7 Å². The predicted molar refractivity (Wildman–Crippen MR) is 123 cm³/mol. The third kappa shape index (κ3) is 6.18. The molecule has 0 spiro atoms. The number of aryl methyl sites for hydroxylation is 1. The summed E-state index contributed by atoms with van der Waals surface area (Å²) in [5.74, 6) is 0.254. The van der Waals surface area contributed by atoms with Crippen LogP contribution >= 0.6 is 11.3 Å². The van der Waals surface area contributed by atoms with Crippen LogP contribution in [-0.4, -0.2) is 34.2 Å². The average Bonchev–Trinajstić information content (AvgIpc) is 3.16. The van der Waals surface area contributed by atoms with Crippen LogP contribution in [0, 0.1) is 12.8 Å². The number of carbonyl (C=O) groups is 2. The SMILES string of the molecule is Cc1ccc(CN(Cc2ccccc2)C(=O)CN(C(=O)C2CCCCC2)C(C)C)s1. The molecule has 1 saturated carbocycles. The van der Waals surface area contributed by atoms with Gasteiger partial charge in [0.1, 0.15) is 6.54 Å². The summed E-state index contributed by atoms with van der Waals surface area (Å²) < 4.78 is 0. The van der Waals surface area contributed by atoms with Crippen molar-refractivity contribution in [2.75, 3.05) is 6.54 Å². The maximum absolute atomic E-state index is 13.4. The van der Waals surface area contributed by atoms with Crippen LogP contribution in [0.2, 0.25) is 0 Å². The van der Waals surface area contributed by atoms with Gasteiger partial charge in [0.15, 0.2) is 0 Å². The summed E-state index contributed by atoms with van der Waals surface area (Å²) in [7, 11) is 0. The van der Waals surface area contributed by atoms with Crippen molar-refractivity contribution >= 4 is 23.2 Å². The Balaban J connectivity index is 1.74. The van der Waals surface area contributed by atoms with Crippen molar-refractivity contribution in [1.29, 1.82) is 0 Å². The first-order valence-corrected chi connectivity index (χ1v) is 11.9. The van der Waals surface area contributed by atoms with E-state index in [1.807, 2.05) is 49.1 Å². The zero-order chi connectivity index (χ0) is 21.5. The lowest BCUT2D eigenvalue weighted by Gasteiger charge is -2.33. The van der Waals surface area contributed by atoms with E-state index in [1.165, 1.54) is 16.2 Å². The Morgan fingerprint density at radius 3 is 2.30 bits per heavy atom. The molecule has 0 radical (unpaired) electrons. The monoisotopic (exact) mass is 426 g/mol. The van der Waals surface area contributed by atoms with Gasteiger partial charge in [-0.05, 0) is 51.3 Å². The first kappa shape index (κ1) is 22.5. The first-order valence-electron chi connectivity index (χ1n) is 11.1. The molecule has 2 amide bonds. The van der Waals surface area contributed by atoms with E-state index in [0.29, 0.717) is 13.1 Å². The van der Waals surface area contributed by atoms with Crippen LogP contribution in [0.5, 0.6) is 0 Å². The minimum atomic E-state index is 0.0164. The molecule has 4 nitrogen and oxygen atoms in total. The number of nitrogens with zero attached hydrogens (tertiary/aromatic N) is 2. The van der Waals surface area contributed by atoms with Crippen molar-refractivity contribution in [1.82, 2.24) is 9.80 Å². The van der Waals surface area contributed by atoms with Gasteiger partial charge in [0.2, 0.25) is 11.8 Å². The summed E-state index contributed by atoms with van der Waals surface area (Å²) in [6, 6.07) is 14.3. The van der Waals surface area contributed by atoms with Crippen molar-refractivity contribution in [2.45, 2.75) is 72.0 Å². The Morgan fingerprint density at radius 1 is 1.00 bits per heavy atom. The normalized spacial score (nSPS) is 14.7. The van der Waals surface area contributed by atoms with E-state index in [9.17, 15) is 9.59 Å². The molecule has 0 bridgehead atoms. The second-order valence-electron chi connectivity index (χ2n) is 8.64. The van der Waals surface area contributed by atoms with Gasteiger partial charge in [-0.25, -0.2) is 0 Å². The number of amides is 2. The lowest BCUT2D eigenvalue weighted by molar-refractivity contribution is -0.145. The number of hydrogen-bond donors (Lipinski definition) is 0. The lowest BCUT2D eigenvalue weighted by atomic mass is 9.88. The third-order valence-electron chi connectivity index (χ3n) is 5.88. The Kier molecular flexibility index (Phi) is 8.08. The van der Waals surface area contributed by atoms with Crippen molar-refractivity contribution in [3.63, 3.8) is 0 Å². The highest BCUT2D eigenvalue weighted by Gasteiger charge is 2.30. The topological polar surface area (TPSA) is 40.6 Å². The number of rotatable bonds is 8. The number of hydrogen-bond acceptors (Lipinski definition) is 3. The maximum Gasteiger partial charge on any atom is 0.242 e. The van der Waals surface area contributed by atoms with Crippen molar-refractivity contribution in [3.05, 3.63) is 57.8 Å². The van der Waals surface area contributed by atoms with E-state index in [2.05, 4.69) is 19.1 Å². The minimum absolute atomic E-state index is 0.0164. The second kappa shape index (κ2) is 10.8. The molecule has 0 atom stereocenters. The minimum Gasteiger partial charge on any atom is -0.332 e. The molecule has 5 heteroatoms. The zero-order valence-corrected chi connectivity index (χ0v) is 19.3. The average molecular weight is 427 g/mol. The Morgan fingerprint density at radius 2 is 1.70 bits per heavy atom. The fourth-order valence-corrected chi connectivity index (χ4v) is 5.05. The quantitative estimate of drug-likeness (QED) is 0.567. The van der Waals surface area contributed by atoms with Gasteiger partial charge in [0.25, 0.3) is 0 Å². The van der Waals surface area contributed by atoms with Crippen LogP contribution in [0.3, 0.4) is 0 Å². The summed E-state index contributed by atoms with van der Waals surface area (Å²) >= 11 is 1.72. The first-order chi connectivity index (χ1) is 14.4. The Bertz CT molecular complexity index is 825. The molecular weight excluding hydrogens is 392 g/mol. The molecule has 1 heterocycles. The van der Waals surface area contributed by atoms with Crippen LogP contribution in [0.4, 0.5) is 0 Å². The van der Waals surface area contributed by atoms with Crippen molar-refractivity contribution < 1.29 is 9.59 Å². The van der Waals surface area contributed by atoms with Gasteiger partial charge >= 0.3 is 0 Å². The van der Waals surface area contributed by atoms with Gasteiger partial charge in [0.05, 0.1) is 6.54 Å². The van der Waals surface area contributed by atoms with E-state index in [0.717, 1.165) is 31.2 Å². The molecule has 162 valence electrons. The highest BCUT2D eigenvalue weighted by molar-refractivity contribution is 7.11. The van der Waals surface area contributed by atoms with E-state index >= 15 is 0 Å². The maximum atomic E-state index is 13.4. The molecule has 1 aromatic heterocycles. The smallest absolute Gasteiger partial charge is 0.242 e. The summed E-state index contributed by atoms with van der Waals surface area (Å²) in [4.78, 5) is 32.7. The Hall–Kier alpha value is -2.14. The molecule has 0 saturated heterocycles. The van der Waals surface area contributed by atoms with Gasteiger partial charge in [0, 0.05) is 28.3 Å². The third-order valence-corrected chi connectivity index (χ3v) is 6.86. The van der Waals surface area contributed by atoms with E-state index in [1.54, 1.807) is 16.2 Å². The highest BCUT2D eigenvalue weighted by Crippen LogP contribution is 2.26. The molecular formula is C25H34N2O2S. The summed E-state index contributed by atoms with van der Waals surface area (Å²) in [5, 5.41) is 0.